The van der Waals surface area contributed by atoms with E-state index in [-0.39, 0.29) is 11.9 Å². The normalized spacial score (nSPS) is 13.3. The van der Waals surface area contributed by atoms with Gasteiger partial charge in [-0.2, -0.15) is 0 Å². The Morgan fingerprint density at radius 2 is 1.90 bits per heavy atom. The van der Waals surface area contributed by atoms with Gasteiger partial charge in [0.2, 0.25) is 5.91 Å². The van der Waals surface area contributed by atoms with Crippen LogP contribution in [0.15, 0.2) is 4.99 Å². The highest BCUT2D eigenvalue weighted by molar-refractivity contribution is 5.84. The molecule has 1 amide bonds. The molecule has 0 rings (SSSR count). The Morgan fingerprint density at radius 3 is 2.45 bits per heavy atom. The maximum Gasteiger partial charge on any atom is 0.237 e. The molecule has 0 unspecified atom stereocenters. The van der Waals surface area contributed by atoms with Crippen molar-refractivity contribution in [3.05, 3.63) is 0 Å². The van der Waals surface area contributed by atoms with Gasteiger partial charge in [0.15, 0.2) is 5.96 Å². The minimum Gasteiger partial charge on any atom is -0.370 e. The molecule has 8 nitrogen and oxygen atoms in total. The lowest BCUT2D eigenvalue weighted by atomic mass is 10.1. The van der Waals surface area contributed by atoms with Crippen LogP contribution in [0.1, 0.15) is 32.1 Å². The number of nitrogens with zero attached hydrogens (tertiary/aromatic N) is 1. The van der Waals surface area contributed by atoms with Crippen molar-refractivity contribution in [1.82, 2.24) is 5.32 Å². The number of nitrogens with two attached hydrogens (primary N) is 4. The van der Waals surface area contributed by atoms with E-state index in [2.05, 4.69) is 10.3 Å². The molecular weight excluding hydrogens is 260 g/mol. The fourth-order valence-corrected chi connectivity index (χ4v) is 1.62. The van der Waals surface area contributed by atoms with E-state index in [4.69, 9.17) is 22.9 Å². The van der Waals surface area contributed by atoms with E-state index in [9.17, 15) is 9.59 Å². The zero-order valence-corrected chi connectivity index (χ0v) is 11.8. The quantitative estimate of drug-likeness (QED) is 0.130. The first-order valence-electron chi connectivity index (χ1n) is 6.78. The molecule has 0 radical (unpaired) electrons. The number of guanidine groups is 1. The highest BCUT2D eigenvalue weighted by Crippen LogP contribution is 2.00. The zero-order chi connectivity index (χ0) is 15.4. The van der Waals surface area contributed by atoms with Crippen LogP contribution >= 0.6 is 0 Å². The molecule has 0 aromatic rings. The van der Waals surface area contributed by atoms with Gasteiger partial charge in [-0.3, -0.25) is 9.79 Å². The van der Waals surface area contributed by atoms with Crippen molar-refractivity contribution in [3.8, 4) is 0 Å². The third-order valence-electron chi connectivity index (χ3n) is 2.77. The summed E-state index contributed by atoms with van der Waals surface area (Å²) in [4.78, 5) is 26.4. The second kappa shape index (κ2) is 11.2. The fraction of sp³-hybridized carbons (Fsp3) is 0.750. The molecule has 0 spiro atoms. The van der Waals surface area contributed by atoms with E-state index in [1.807, 2.05) is 0 Å². The van der Waals surface area contributed by atoms with Gasteiger partial charge in [-0.15, -0.1) is 0 Å². The first-order valence-corrected chi connectivity index (χ1v) is 6.78. The summed E-state index contributed by atoms with van der Waals surface area (Å²) in [5.74, 6) is -0.316. The monoisotopic (exact) mass is 286 g/mol. The van der Waals surface area contributed by atoms with E-state index >= 15 is 0 Å². The Labute approximate surface area is 119 Å². The molecule has 9 N–H and O–H groups in total. The Bertz CT molecular complexity index is 317. The van der Waals surface area contributed by atoms with E-state index in [1.165, 1.54) is 0 Å². The van der Waals surface area contributed by atoms with Crippen LogP contribution in [-0.2, 0) is 9.59 Å². The van der Waals surface area contributed by atoms with Crippen LogP contribution in [-0.4, -0.2) is 43.3 Å². The summed E-state index contributed by atoms with van der Waals surface area (Å²) in [5.41, 5.74) is 21.5. The second-order valence-corrected chi connectivity index (χ2v) is 4.59. The number of unbranched alkanes of at least 4 members (excludes halogenated alkanes) is 1. The van der Waals surface area contributed by atoms with Crippen LogP contribution in [0.2, 0.25) is 0 Å². The van der Waals surface area contributed by atoms with Crippen molar-refractivity contribution in [2.24, 2.45) is 27.9 Å². The van der Waals surface area contributed by atoms with E-state index in [1.54, 1.807) is 0 Å². The van der Waals surface area contributed by atoms with Crippen LogP contribution < -0.4 is 28.3 Å². The van der Waals surface area contributed by atoms with Gasteiger partial charge in [0, 0.05) is 6.54 Å². The molecule has 0 bridgehead atoms. The van der Waals surface area contributed by atoms with Crippen LogP contribution in [0.5, 0.6) is 0 Å². The smallest absolute Gasteiger partial charge is 0.237 e. The summed E-state index contributed by atoms with van der Waals surface area (Å²) >= 11 is 0. The molecule has 8 heteroatoms. The van der Waals surface area contributed by atoms with Crippen molar-refractivity contribution in [1.29, 1.82) is 0 Å². The molecule has 116 valence electrons. The maximum absolute atomic E-state index is 11.8. The molecule has 0 saturated heterocycles. The average molecular weight is 286 g/mol. The molecule has 0 aliphatic carbocycles. The minimum atomic E-state index is -0.666. The number of aliphatic imine (C=N–C) groups is 1. The first kappa shape index (κ1) is 18.3. The van der Waals surface area contributed by atoms with Crippen molar-refractivity contribution < 1.29 is 9.59 Å². The number of hydrogen-bond acceptors (Lipinski definition) is 5. The second-order valence-electron chi connectivity index (χ2n) is 4.59. The number of rotatable bonds is 11. The fourth-order valence-electron chi connectivity index (χ4n) is 1.62. The topological polar surface area (TPSA) is 163 Å². The van der Waals surface area contributed by atoms with Gasteiger partial charge in [0.05, 0.1) is 12.1 Å². The van der Waals surface area contributed by atoms with Gasteiger partial charge in [0.1, 0.15) is 6.29 Å². The number of nitrogens with one attached hydrogen (secondary N) is 1. The minimum absolute atomic E-state index is 0.0175. The standard InChI is InChI=1S/C12H26N6O2/c13-6-2-1-4-9(8-19)18-11(20)10(14)5-3-7-17-12(15)16/h8-10H,1-7,13-14H2,(H,18,20)(H4,15,16,17)/t9-,10-/m0/s1. The lowest BCUT2D eigenvalue weighted by Gasteiger charge is -2.16. The molecule has 2 atom stereocenters. The van der Waals surface area contributed by atoms with Crippen molar-refractivity contribution in [2.75, 3.05) is 13.1 Å². The predicted octanol–water partition coefficient (Wildman–Crippen LogP) is -1.82. The zero-order valence-electron chi connectivity index (χ0n) is 11.8. The summed E-state index contributed by atoms with van der Waals surface area (Å²) in [6.45, 7) is 1.00. The molecule has 20 heavy (non-hydrogen) atoms. The third kappa shape index (κ3) is 9.29. The summed E-state index contributed by atoms with van der Waals surface area (Å²) in [6.07, 6.45) is 3.97. The van der Waals surface area contributed by atoms with E-state index in [0.717, 1.165) is 19.1 Å². The molecule has 0 heterocycles. The average Bonchev–Trinajstić information content (AvgIpc) is 2.41. The van der Waals surface area contributed by atoms with Gasteiger partial charge in [-0.1, -0.05) is 0 Å². The number of amides is 1. The van der Waals surface area contributed by atoms with Crippen molar-refractivity contribution >= 4 is 18.2 Å². The summed E-state index contributed by atoms with van der Waals surface area (Å²) in [6, 6.07) is -1.17. The SMILES string of the molecule is NCCCC[C@@H](C=O)NC(=O)[C@@H](N)CCCN=C(N)N. The first-order chi connectivity index (χ1) is 9.51. The van der Waals surface area contributed by atoms with Crippen LogP contribution in [0.3, 0.4) is 0 Å². The molecule has 0 fully saturated rings. The highest BCUT2D eigenvalue weighted by atomic mass is 16.2. The molecule has 0 aliphatic rings. The molecule has 0 aromatic carbocycles. The Kier molecular flexibility index (Phi) is 10.2. The largest absolute Gasteiger partial charge is 0.370 e. The number of carbonyl (C=O) groups excluding carboxylic acids is 2. The van der Waals surface area contributed by atoms with Crippen LogP contribution in [0, 0.1) is 0 Å². The van der Waals surface area contributed by atoms with Crippen LogP contribution in [0.25, 0.3) is 0 Å². The maximum atomic E-state index is 11.8. The molecule has 0 saturated carbocycles. The van der Waals surface area contributed by atoms with E-state index in [0.29, 0.717) is 32.4 Å². The number of carbonyl (C=O) groups is 2. The van der Waals surface area contributed by atoms with Gasteiger partial charge in [-0.25, -0.2) is 0 Å². The molecule has 0 aliphatic heterocycles. The summed E-state index contributed by atoms with van der Waals surface area (Å²) in [5, 5.41) is 2.62. The number of aldehydes is 1. The van der Waals surface area contributed by atoms with Gasteiger partial charge in [-0.05, 0) is 38.6 Å². The Hall–Kier alpha value is -1.67. The van der Waals surface area contributed by atoms with Gasteiger partial charge < -0.3 is 33.0 Å². The van der Waals surface area contributed by atoms with Gasteiger partial charge >= 0.3 is 0 Å². The van der Waals surface area contributed by atoms with Gasteiger partial charge in [0.25, 0.3) is 0 Å². The Morgan fingerprint density at radius 1 is 1.20 bits per heavy atom. The number of hydrogen-bond donors (Lipinski definition) is 5. The molecule has 0 aromatic heterocycles. The lowest BCUT2D eigenvalue weighted by molar-refractivity contribution is -0.125. The lowest BCUT2D eigenvalue weighted by Crippen LogP contribution is -2.46. The highest BCUT2D eigenvalue weighted by Gasteiger charge is 2.17. The third-order valence-corrected chi connectivity index (χ3v) is 2.77. The summed E-state index contributed by atoms with van der Waals surface area (Å²) in [7, 11) is 0. The van der Waals surface area contributed by atoms with Crippen molar-refractivity contribution in [3.63, 3.8) is 0 Å². The van der Waals surface area contributed by atoms with Crippen LogP contribution in [0.4, 0.5) is 0 Å². The summed E-state index contributed by atoms with van der Waals surface area (Å²) < 4.78 is 0. The Balaban J connectivity index is 3.97. The predicted molar refractivity (Wildman–Crippen MR) is 78.8 cm³/mol. The van der Waals surface area contributed by atoms with Crippen molar-refractivity contribution in [2.45, 2.75) is 44.2 Å². The van der Waals surface area contributed by atoms with E-state index < -0.39 is 12.1 Å². The molecular formula is C12H26N6O2.